The van der Waals surface area contributed by atoms with Gasteiger partial charge in [-0.25, -0.2) is 9.59 Å². The highest BCUT2D eigenvalue weighted by molar-refractivity contribution is 5.89. The summed E-state index contributed by atoms with van der Waals surface area (Å²) in [5.74, 6) is 0.0157. The fourth-order valence-corrected chi connectivity index (χ4v) is 2.18. The summed E-state index contributed by atoms with van der Waals surface area (Å²) in [5, 5.41) is 3.67. The molecule has 1 fully saturated rings. The first-order chi connectivity index (χ1) is 8.66. The minimum Gasteiger partial charge on any atom is -0.462 e. The van der Waals surface area contributed by atoms with Crippen molar-refractivity contribution in [1.29, 1.82) is 0 Å². The number of nitrogens with two attached hydrogens (primary N) is 1. The molecule has 1 aromatic heterocycles. The highest BCUT2D eigenvalue weighted by atomic mass is 16.5. The third-order valence-electron chi connectivity index (χ3n) is 3.22. The molecule has 0 atom stereocenters. The van der Waals surface area contributed by atoms with Crippen molar-refractivity contribution in [3.63, 3.8) is 0 Å². The maximum atomic E-state index is 11.7. The Balaban J connectivity index is 1.84. The molecule has 1 saturated carbocycles. The van der Waals surface area contributed by atoms with Crippen molar-refractivity contribution in [3.8, 4) is 0 Å². The van der Waals surface area contributed by atoms with Crippen molar-refractivity contribution < 1.29 is 14.3 Å². The molecule has 1 aliphatic carbocycles. The van der Waals surface area contributed by atoms with Crippen molar-refractivity contribution in [1.82, 2.24) is 9.78 Å². The Morgan fingerprint density at radius 2 is 2.11 bits per heavy atom. The summed E-state index contributed by atoms with van der Waals surface area (Å²) in [4.78, 5) is 22.5. The predicted octanol–water partition coefficient (Wildman–Crippen LogP) is 1.55. The summed E-state index contributed by atoms with van der Waals surface area (Å²) in [7, 11) is 0. The van der Waals surface area contributed by atoms with E-state index in [0.29, 0.717) is 12.5 Å². The molecule has 0 aromatic carbocycles. The van der Waals surface area contributed by atoms with E-state index in [0.717, 1.165) is 17.5 Å². The summed E-state index contributed by atoms with van der Waals surface area (Å²) in [6.45, 7) is 0.445. The lowest BCUT2D eigenvalue weighted by Gasteiger charge is -2.20. The average Bonchev–Trinajstić information content (AvgIpc) is 2.87. The molecule has 0 unspecified atom stereocenters. The van der Waals surface area contributed by atoms with E-state index in [1.54, 1.807) is 0 Å². The van der Waals surface area contributed by atoms with Gasteiger partial charge in [0.2, 0.25) is 0 Å². The van der Waals surface area contributed by atoms with Crippen molar-refractivity contribution >= 4 is 12.0 Å². The molecule has 6 nitrogen and oxygen atoms in total. The molecule has 1 aliphatic rings. The minimum atomic E-state index is -0.721. The Morgan fingerprint density at radius 1 is 1.39 bits per heavy atom. The summed E-state index contributed by atoms with van der Waals surface area (Å²) in [6.07, 6.45) is 8.50. The van der Waals surface area contributed by atoms with Crippen LogP contribution >= 0.6 is 0 Å². The number of hydrogen-bond acceptors (Lipinski definition) is 4. The van der Waals surface area contributed by atoms with E-state index in [1.165, 1.54) is 31.7 Å². The highest BCUT2D eigenvalue weighted by Gasteiger charge is 2.17. The first-order valence-electron chi connectivity index (χ1n) is 6.18. The van der Waals surface area contributed by atoms with Gasteiger partial charge in [-0.05, 0) is 18.8 Å². The third-order valence-corrected chi connectivity index (χ3v) is 3.22. The Morgan fingerprint density at radius 3 is 2.72 bits per heavy atom. The number of esters is 1. The second kappa shape index (κ2) is 5.66. The number of carbonyl (C=O) groups is 2. The minimum absolute atomic E-state index is 0.254. The van der Waals surface area contributed by atoms with Crippen LogP contribution in [0, 0.1) is 5.92 Å². The van der Waals surface area contributed by atoms with E-state index in [2.05, 4.69) is 5.10 Å². The van der Waals surface area contributed by atoms with E-state index in [9.17, 15) is 9.59 Å². The van der Waals surface area contributed by atoms with Crippen LogP contribution in [0.2, 0.25) is 0 Å². The molecule has 1 amide bonds. The number of primary amides is 1. The molecule has 2 rings (SSSR count). The van der Waals surface area contributed by atoms with Gasteiger partial charge in [-0.3, -0.25) is 0 Å². The third kappa shape index (κ3) is 3.09. The Labute approximate surface area is 105 Å². The van der Waals surface area contributed by atoms with Crippen molar-refractivity contribution in [2.24, 2.45) is 11.7 Å². The quantitative estimate of drug-likeness (QED) is 0.825. The zero-order valence-electron chi connectivity index (χ0n) is 10.2. The predicted molar refractivity (Wildman–Crippen MR) is 64.1 cm³/mol. The summed E-state index contributed by atoms with van der Waals surface area (Å²) >= 11 is 0. The normalized spacial score (nSPS) is 16.4. The maximum Gasteiger partial charge on any atom is 0.341 e. The summed E-state index contributed by atoms with van der Waals surface area (Å²) in [6, 6.07) is -0.721. The molecule has 6 heteroatoms. The van der Waals surface area contributed by atoms with Gasteiger partial charge in [-0.15, -0.1) is 0 Å². The van der Waals surface area contributed by atoms with Crippen molar-refractivity contribution in [3.05, 3.63) is 18.0 Å². The Bertz CT molecular complexity index is 436. The molecule has 0 aliphatic heterocycles. The number of amides is 1. The lowest BCUT2D eigenvalue weighted by Crippen LogP contribution is -2.20. The van der Waals surface area contributed by atoms with E-state index in [1.807, 2.05) is 0 Å². The van der Waals surface area contributed by atoms with Gasteiger partial charge < -0.3 is 10.5 Å². The maximum absolute atomic E-state index is 11.7. The van der Waals surface area contributed by atoms with Gasteiger partial charge in [0.25, 0.3) is 0 Å². The van der Waals surface area contributed by atoms with E-state index < -0.39 is 12.0 Å². The van der Waals surface area contributed by atoms with E-state index in [-0.39, 0.29) is 5.56 Å². The zero-order chi connectivity index (χ0) is 13.0. The monoisotopic (exact) mass is 251 g/mol. The molecule has 0 spiro atoms. The zero-order valence-corrected chi connectivity index (χ0v) is 10.2. The van der Waals surface area contributed by atoms with Crippen LogP contribution in [0.5, 0.6) is 0 Å². The van der Waals surface area contributed by atoms with Crippen LogP contribution in [0.15, 0.2) is 12.4 Å². The average molecular weight is 251 g/mol. The van der Waals surface area contributed by atoms with Gasteiger partial charge in [-0.2, -0.15) is 9.78 Å². The molecule has 98 valence electrons. The van der Waals surface area contributed by atoms with Gasteiger partial charge in [0.05, 0.1) is 24.6 Å². The lowest BCUT2D eigenvalue weighted by atomic mass is 9.90. The SMILES string of the molecule is NC(=O)n1cc(C(=O)OCC2CCCCC2)cn1. The number of rotatable bonds is 3. The number of nitrogens with zero attached hydrogens (tertiary/aromatic N) is 2. The van der Waals surface area contributed by atoms with Crippen LogP contribution in [0.3, 0.4) is 0 Å². The van der Waals surface area contributed by atoms with Gasteiger partial charge in [0, 0.05) is 0 Å². The fourth-order valence-electron chi connectivity index (χ4n) is 2.18. The van der Waals surface area contributed by atoms with E-state index in [4.69, 9.17) is 10.5 Å². The molecular weight excluding hydrogens is 234 g/mol. The fraction of sp³-hybridized carbons (Fsp3) is 0.583. The van der Waals surface area contributed by atoms with Crippen LogP contribution in [0.25, 0.3) is 0 Å². The Kier molecular flexibility index (Phi) is 3.96. The van der Waals surface area contributed by atoms with Crippen LogP contribution in [0.4, 0.5) is 4.79 Å². The van der Waals surface area contributed by atoms with Crippen LogP contribution in [-0.4, -0.2) is 28.4 Å². The van der Waals surface area contributed by atoms with Crippen molar-refractivity contribution in [2.75, 3.05) is 6.61 Å². The van der Waals surface area contributed by atoms with Crippen LogP contribution in [-0.2, 0) is 4.74 Å². The lowest BCUT2D eigenvalue weighted by molar-refractivity contribution is 0.0410. The van der Waals surface area contributed by atoms with E-state index >= 15 is 0 Å². The first-order valence-corrected chi connectivity index (χ1v) is 6.18. The number of hydrogen-bond donors (Lipinski definition) is 1. The molecule has 0 radical (unpaired) electrons. The first kappa shape index (κ1) is 12.6. The highest BCUT2D eigenvalue weighted by Crippen LogP contribution is 2.23. The molecular formula is C12H17N3O3. The molecule has 0 bridgehead atoms. The summed E-state index contributed by atoms with van der Waals surface area (Å²) in [5.41, 5.74) is 5.28. The van der Waals surface area contributed by atoms with Crippen molar-refractivity contribution in [2.45, 2.75) is 32.1 Å². The number of carbonyl (C=O) groups excluding carboxylic acids is 2. The second-order valence-electron chi connectivity index (χ2n) is 4.61. The van der Waals surface area contributed by atoms with Crippen LogP contribution < -0.4 is 5.73 Å². The molecule has 0 saturated heterocycles. The summed E-state index contributed by atoms with van der Waals surface area (Å²) < 4.78 is 6.13. The van der Waals surface area contributed by atoms with Gasteiger partial charge in [-0.1, -0.05) is 19.3 Å². The van der Waals surface area contributed by atoms with Gasteiger partial charge in [0.1, 0.15) is 0 Å². The topological polar surface area (TPSA) is 87.2 Å². The molecule has 18 heavy (non-hydrogen) atoms. The number of aromatic nitrogens is 2. The smallest absolute Gasteiger partial charge is 0.341 e. The van der Waals surface area contributed by atoms with Gasteiger partial charge >= 0.3 is 12.0 Å². The Hall–Kier alpha value is -1.85. The number of ether oxygens (including phenoxy) is 1. The molecule has 1 heterocycles. The molecule has 2 N–H and O–H groups in total. The molecule has 1 aromatic rings. The van der Waals surface area contributed by atoms with Gasteiger partial charge in [0.15, 0.2) is 0 Å². The second-order valence-corrected chi connectivity index (χ2v) is 4.61. The van der Waals surface area contributed by atoms with Crippen LogP contribution in [0.1, 0.15) is 42.5 Å². The largest absolute Gasteiger partial charge is 0.462 e. The standard InChI is InChI=1S/C12H17N3O3/c13-12(17)15-7-10(6-14-15)11(16)18-8-9-4-2-1-3-5-9/h6-7,9H,1-5,8H2,(H2,13,17).